The molecule has 0 aliphatic heterocycles. The molecule has 0 aliphatic rings. The van der Waals surface area contributed by atoms with E-state index in [9.17, 15) is 9.59 Å². The first kappa shape index (κ1) is 19.2. The Balaban J connectivity index is 2.04. The van der Waals surface area contributed by atoms with Gasteiger partial charge < -0.3 is 15.2 Å². The number of hydrogen-bond donors (Lipinski definition) is 2. The summed E-state index contributed by atoms with van der Waals surface area (Å²) in [6, 6.07) is 12.1. The normalized spacial score (nSPS) is 11.5. The molecule has 132 valence electrons. The number of methoxy groups -OCH3 is 1. The number of carbonyl (C=O) groups is 2. The van der Waals surface area contributed by atoms with Crippen molar-refractivity contribution in [2.45, 2.75) is 19.4 Å². The minimum Gasteiger partial charge on any atom is -0.497 e. The summed E-state index contributed by atoms with van der Waals surface area (Å²) in [4.78, 5) is 22.6. The van der Waals surface area contributed by atoms with Crippen LogP contribution in [-0.4, -0.2) is 25.0 Å². The highest BCUT2D eigenvalue weighted by molar-refractivity contribution is 14.1. The molecular weight excluding hydrogens is 435 g/mol. The van der Waals surface area contributed by atoms with E-state index >= 15 is 0 Å². The molecule has 6 nitrogen and oxygen atoms in total. The Hall–Kier alpha value is -2.13. The maximum atomic E-state index is 11.7. The van der Waals surface area contributed by atoms with Gasteiger partial charge >= 0.3 is 0 Å². The number of imide groups is 1. The molecule has 3 N–H and O–H groups in total. The van der Waals surface area contributed by atoms with Gasteiger partial charge in [0.25, 0.3) is 0 Å². The zero-order valence-corrected chi connectivity index (χ0v) is 16.1. The summed E-state index contributed by atoms with van der Waals surface area (Å²) in [5, 5.41) is 2.19. The van der Waals surface area contributed by atoms with Gasteiger partial charge in [-0.15, -0.1) is 0 Å². The molecule has 2 aromatic carbocycles. The summed E-state index contributed by atoms with van der Waals surface area (Å²) >= 11 is 2.17. The molecule has 7 heteroatoms. The summed E-state index contributed by atoms with van der Waals surface area (Å²) < 4.78 is 11.9. The second kappa shape index (κ2) is 8.82. The fraction of sp³-hybridized carbons (Fsp3) is 0.222. The largest absolute Gasteiger partial charge is 0.497 e. The number of hydrogen-bond acceptors (Lipinski definition) is 5. The molecule has 2 amide bonds. The van der Waals surface area contributed by atoms with Crippen LogP contribution in [0.1, 0.15) is 12.5 Å². The first-order valence-electron chi connectivity index (χ1n) is 7.56. The van der Waals surface area contributed by atoms with Gasteiger partial charge in [0.1, 0.15) is 17.2 Å². The second-order valence-corrected chi connectivity index (χ2v) is 6.56. The van der Waals surface area contributed by atoms with E-state index in [0.717, 1.165) is 14.9 Å². The van der Waals surface area contributed by atoms with Crippen LogP contribution >= 0.6 is 22.6 Å². The number of nitrogens with one attached hydrogen (secondary N) is 1. The Bertz CT molecular complexity index is 762. The van der Waals surface area contributed by atoms with E-state index in [-0.39, 0.29) is 0 Å². The van der Waals surface area contributed by atoms with Crippen LogP contribution in [0.4, 0.5) is 0 Å². The molecule has 2 aromatic rings. The van der Waals surface area contributed by atoms with Crippen LogP contribution in [0.2, 0.25) is 0 Å². The van der Waals surface area contributed by atoms with Gasteiger partial charge in [-0.25, -0.2) is 0 Å². The number of ether oxygens (including phenoxy) is 2. The number of rotatable bonds is 6. The highest BCUT2D eigenvalue weighted by Gasteiger charge is 2.16. The Labute approximate surface area is 159 Å². The van der Waals surface area contributed by atoms with Crippen LogP contribution in [0.15, 0.2) is 42.5 Å². The lowest BCUT2D eigenvalue weighted by molar-refractivity contribution is -0.130. The average Bonchev–Trinajstić information content (AvgIpc) is 2.57. The lowest BCUT2D eigenvalue weighted by Gasteiger charge is -2.13. The standard InChI is InChI=1S/C18H19IN2O4/c1-11(22)21-18(23)16(20)10-12-3-8-17(15(19)9-12)25-14-6-4-13(24-2)5-7-14/h3-9,16H,10,20H2,1-2H3,(H,21,22,23)/t16-/m0/s1. The van der Waals surface area contributed by atoms with Crippen LogP contribution in [0.3, 0.4) is 0 Å². The molecule has 0 aliphatic carbocycles. The number of benzene rings is 2. The average molecular weight is 454 g/mol. The van der Waals surface area contributed by atoms with Crippen molar-refractivity contribution in [1.29, 1.82) is 0 Å². The lowest BCUT2D eigenvalue weighted by atomic mass is 10.1. The van der Waals surface area contributed by atoms with Crippen LogP contribution < -0.4 is 20.5 Å². The monoisotopic (exact) mass is 454 g/mol. The molecule has 0 radical (unpaired) electrons. The van der Waals surface area contributed by atoms with Gasteiger partial charge in [-0.05, 0) is 71.0 Å². The third kappa shape index (κ3) is 5.71. The second-order valence-electron chi connectivity index (χ2n) is 5.40. The van der Waals surface area contributed by atoms with E-state index in [4.69, 9.17) is 15.2 Å². The molecule has 2 rings (SSSR count). The molecule has 0 fully saturated rings. The number of carbonyl (C=O) groups excluding carboxylic acids is 2. The smallest absolute Gasteiger partial charge is 0.243 e. The van der Waals surface area contributed by atoms with E-state index in [1.54, 1.807) is 7.11 Å². The first-order valence-corrected chi connectivity index (χ1v) is 8.64. The van der Waals surface area contributed by atoms with Crippen LogP contribution in [0.5, 0.6) is 17.2 Å². The van der Waals surface area contributed by atoms with Crippen LogP contribution in [0, 0.1) is 3.57 Å². The highest BCUT2D eigenvalue weighted by Crippen LogP contribution is 2.29. The number of amides is 2. The van der Waals surface area contributed by atoms with Crippen molar-refractivity contribution in [3.8, 4) is 17.2 Å². The van der Waals surface area contributed by atoms with Crippen molar-refractivity contribution >= 4 is 34.4 Å². The topological polar surface area (TPSA) is 90.7 Å². The van der Waals surface area contributed by atoms with Crippen molar-refractivity contribution in [2.75, 3.05) is 7.11 Å². The van der Waals surface area contributed by atoms with Crippen molar-refractivity contribution in [2.24, 2.45) is 5.73 Å². The van der Waals surface area contributed by atoms with Gasteiger partial charge in [0.2, 0.25) is 11.8 Å². The SMILES string of the molecule is COc1ccc(Oc2ccc(C[C@H](N)C(=O)NC(C)=O)cc2I)cc1. The van der Waals surface area contributed by atoms with Crippen molar-refractivity contribution < 1.29 is 19.1 Å². The van der Waals surface area contributed by atoms with Gasteiger partial charge in [0.15, 0.2) is 0 Å². The van der Waals surface area contributed by atoms with Crippen molar-refractivity contribution in [3.05, 3.63) is 51.6 Å². The van der Waals surface area contributed by atoms with Gasteiger partial charge in [-0.1, -0.05) is 6.07 Å². The summed E-state index contributed by atoms with van der Waals surface area (Å²) in [5.74, 6) is 1.26. The Kier molecular flexibility index (Phi) is 6.77. The fourth-order valence-electron chi connectivity index (χ4n) is 2.14. The summed E-state index contributed by atoms with van der Waals surface area (Å²) in [5.41, 5.74) is 6.71. The van der Waals surface area contributed by atoms with E-state index in [1.807, 2.05) is 42.5 Å². The molecule has 1 atom stereocenters. The van der Waals surface area contributed by atoms with E-state index < -0.39 is 17.9 Å². The third-order valence-electron chi connectivity index (χ3n) is 3.38. The molecule has 0 aromatic heterocycles. The number of halogens is 1. The van der Waals surface area contributed by atoms with Crippen LogP contribution in [-0.2, 0) is 16.0 Å². The zero-order chi connectivity index (χ0) is 18.4. The lowest BCUT2D eigenvalue weighted by Crippen LogP contribution is -2.43. The summed E-state index contributed by atoms with van der Waals surface area (Å²) in [7, 11) is 1.61. The summed E-state index contributed by atoms with van der Waals surface area (Å²) in [6.07, 6.45) is 0.331. The predicted octanol–water partition coefficient (Wildman–Crippen LogP) is 2.62. The molecule has 0 saturated heterocycles. The molecule has 25 heavy (non-hydrogen) atoms. The van der Waals surface area contributed by atoms with Crippen molar-refractivity contribution in [3.63, 3.8) is 0 Å². The molecule has 0 bridgehead atoms. The molecular formula is C18H19IN2O4. The molecule has 0 spiro atoms. The third-order valence-corrected chi connectivity index (χ3v) is 4.22. The van der Waals surface area contributed by atoms with Crippen LogP contribution in [0.25, 0.3) is 0 Å². The van der Waals surface area contributed by atoms with E-state index in [1.165, 1.54) is 6.92 Å². The Morgan fingerprint density at radius 2 is 1.80 bits per heavy atom. The van der Waals surface area contributed by atoms with Gasteiger partial charge in [-0.3, -0.25) is 14.9 Å². The maximum Gasteiger partial charge on any atom is 0.243 e. The Morgan fingerprint density at radius 1 is 1.16 bits per heavy atom. The van der Waals surface area contributed by atoms with E-state index in [0.29, 0.717) is 17.9 Å². The highest BCUT2D eigenvalue weighted by atomic mass is 127. The van der Waals surface area contributed by atoms with Gasteiger partial charge in [0.05, 0.1) is 16.7 Å². The quantitative estimate of drug-likeness (QED) is 0.656. The zero-order valence-electron chi connectivity index (χ0n) is 13.9. The van der Waals surface area contributed by atoms with Gasteiger partial charge in [-0.2, -0.15) is 0 Å². The fourth-order valence-corrected chi connectivity index (χ4v) is 2.83. The predicted molar refractivity (Wildman–Crippen MR) is 103 cm³/mol. The minimum atomic E-state index is -0.784. The minimum absolute atomic E-state index is 0.331. The first-order chi connectivity index (χ1) is 11.9. The molecule has 0 heterocycles. The van der Waals surface area contributed by atoms with Gasteiger partial charge in [0, 0.05) is 6.92 Å². The van der Waals surface area contributed by atoms with Crippen molar-refractivity contribution in [1.82, 2.24) is 5.32 Å². The maximum absolute atomic E-state index is 11.7. The van der Waals surface area contributed by atoms with E-state index in [2.05, 4.69) is 27.9 Å². The molecule has 0 saturated carbocycles. The molecule has 0 unspecified atom stereocenters. The number of nitrogens with two attached hydrogens (primary N) is 1. The Morgan fingerprint density at radius 3 is 2.36 bits per heavy atom. The summed E-state index contributed by atoms with van der Waals surface area (Å²) in [6.45, 7) is 1.28.